The Balaban J connectivity index is 1.27. The number of hydrogen-bond donors (Lipinski definition) is 0. The molecule has 31 heavy (non-hydrogen) atoms. The average molecular weight is 418 g/mol. The van der Waals surface area contributed by atoms with Crippen molar-refractivity contribution in [3.05, 3.63) is 91.5 Å². The van der Waals surface area contributed by atoms with Crippen molar-refractivity contribution in [1.82, 2.24) is 0 Å². The molecule has 0 radical (unpaired) electrons. The van der Waals surface area contributed by atoms with Crippen LogP contribution in [-0.2, 0) is 11.3 Å². The fraction of sp³-hybridized carbons (Fsp3) is 0.417. The molecular formula is C24H22N2O5. The molecule has 5 aliphatic rings. The van der Waals surface area contributed by atoms with E-state index < -0.39 is 9.85 Å². The molecule has 0 heterocycles. The third-order valence-corrected chi connectivity index (χ3v) is 8.07. The van der Waals surface area contributed by atoms with Gasteiger partial charge < -0.3 is 4.74 Å². The number of benzene rings is 2. The SMILES string of the molecule is O=[N+]([O-])c1ccc(COC2[C@H]3C=C[C@H]2[C@H]2[C@H]3[C@H]3CC[C@H]2c2ccccc23)c([N+](=O)[O-])c1. The molecule has 2 fully saturated rings. The molecule has 0 aliphatic heterocycles. The van der Waals surface area contributed by atoms with Gasteiger partial charge >= 0.3 is 0 Å². The Morgan fingerprint density at radius 3 is 2.03 bits per heavy atom. The Labute approximate surface area is 179 Å². The van der Waals surface area contributed by atoms with Crippen LogP contribution in [0.1, 0.15) is 41.4 Å². The molecule has 4 bridgehead atoms. The molecule has 7 heteroatoms. The van der Waals surface area contributed by atoms with Crippen molar-refractivity contribution >= 4 is 11.4 Å². The molecule has 0 saturated heterocycles. The second kappa shape index (κ2) is 6.72. The molecule has 0 spiro atoms. The summed E-state index contributed by atoms with van der Waals surface area (Å²) in [6.07, 6.45) is 7.05. The standard InChI is InChI=1S/C24H22N2O5/c27-25(28)14-6-5-13(21(11-14)26(29)30)12-31-24-19-9-10-20(24)23-18-8-7-17(22(19)23)15-3-1-2-4-16(15)18/h1-6,9-11,17-20,22-24H,7-8,12H2/t17-,18-,19-,20-,22-,23-/m0/s1. The van der Waals surface area contributed by atoms with E-state index in [-0.39, 0.29) is 24.1 Å². The Kier molecular flexibility index (Phi) is 4.05. The molecule has 2 aromatic rings. The van der Waals surface area contributed by atoms with Gasteiger partial charge in [0.05, 0.1) is 34.2 Å². The largest absolute Gasteiger partial charge is 0.372 e. The zero-order valence-corrected chi connectivity index (χ0v) is 16.8. The predicted octanol–water partition coefficient (Wildman–Crippen LogP) is 5.11. The molecule has 5 aliphatic carbocycles. The van der Waals surface area contributed by atoms with E-state index in [2.05, 4.69) is 36.4 Å². The molecule has 7 rings (SSSR count). The summed E-state index contributed by atoms with van der Waals surface area (Å²) >= 11 is 0. The highest BCUT2D eigenvalue weighted by molar-refractivity contribution is 5.49. The first-order chi connectivity index (χ1) is 15.0. The van der Waals surface area contributed by atoms with E-state index in [4.69, 9.17) is 4.74 Å². The molecule has 0 aromatic heterocycles. The number of nitro groups is 2. The van der Waals surface area contributed by atoms with Crippen molar-refractivity contribution in [2.75, 3.05) is 0 Å². The topological polar surface area (TPSA) is 95.5 Å². The number of non-ortho nitro benzene ring substituents is 1. The lowest BCUT2D eigenvalue weighted by Gasteiger charge is -2.50. The summed E-state index contributed by atoms with van der Waals surface area (Å²) in [5.74, 6) is 2.92. The summed E-state index contributed by atoms with van der Waals surface area (Å²) in [6.45, 7) is 0.0926. The lowest BCUT2D eigenvalue weighted by molar-refractivity contribution is -0.394. The minimum absolute atomic E-state index is 0.0159. The van der Waals surface area contributed by atoms with Crippen molar-refractivity contribution in [1.29, 1.82) is 0 Å². The van der Waals surface area contributed by atoms with Gasteiger partial charge in [-0.15, -0.1) is 0 Å². The Hall–Kier alpha value is -3.06. The van der Waals surface area contributed by atoms with Crippen LogP contribution in [0.5, 0.6) is 0 Å². The van der Waals surface area contributed by atoms with Crippen LogP contribution in [0.15, 0.2) is 54.6 Å². The highest BCUT2D eigenvalue weighted by Crippen LogP contribution is 2.67. The van der Waals surface area contributed by atoms with Crippen molar-refractivity contribution < 1.29 is 14.6 Å². The fourth-order valence-corrected chi connectivity index (χ4v) is 7.04. The summed E-state index contributed by atoms with van der Waals surface area (Å²) in [5, 5.41) is 22.5. The second-order valence-corrected chi connectivity index (χ2v) is 9.22. The summed E-state index contributed by atoms with van der Waals surface area (Å²) in [7, 11) is 0. The van der Waals surface area contributed by atoms with Gasteiger partial charge in [0.2, 0.25) is 0 Å². The molecule has 0 amide bonds. The highest BCUT2D eigenvalue weighted by Gasteiger charge is 2.61. The van der Waals surface area contributed by atoms with E-state index in [1.165, 1.54) is 36.1 Å². The monoisotopic (exact) mass is 418 g/mol. The number of fused-ring (bicyclic) bond motifs is 3. The van der Waals surface area contributed by atoms with Crippen molar-refractivity contribution in [2.24, 2.45) is 23.7 Å². The van der Waals surface area contributed by atoms with Crippen LogP contribution in [0.25, 0.3) is 0 Å². The van der Waals surface area contributed by atoms with Crippen LogP contribution < -0.4 is 0 Å². The van der Waals surface area contributed by atoms with Crippen molar-refractivity contribution in [3.8, 4) is 0 Å². The van der Waals surface area contributed by atoms with E-state index in [0.29, 0.717) is 41.1 Å². The number of ether oxygens (including phenoxy) is 1. The summed E-state index contributed by atoms with van der Waals surface area (Å²) in [6, 6.07) is 12.6. The van der Waals surface area contributed by atoms with Crippen LogP contribution in [0.3, 0.4) is 0 Å². The predicted molar refractivity (Wildman–Crippen MR) is 113 cm³/mol. The lowest BCUT2D eigenvalue weighted by Crippen LogP contribution is -2.40. The number of rotatable bonds is 5. The smallest absolute Gasteiger partial charge is 0.281 e. The maximum atomic E-state index is 11.5. The van der Waals surface area contributed by atoms with Gasteiger partial charge in [-0.25, -0.2) is 0 Å². The second-order valence-electron chi connectivity index (χ2n) is 9.22. The lowest BCUT2D eigenvalue weighted by atomic mass is 9.54. The van der Waals surface area contributed by atoms with Crippen LogP contribution in [-0.4, -0.2) is 16.0 Å². The van der Waals surface area contributed by atoms with E-state index in [0.717, 1.165) is 6.07 Å². The molecular weight excluding hydrogens is 396 g/mol. The molecule has 7 nitrogen and oxygen atoms in total. The first-order valence-corrected chi connectivity index (χ1v) is 10.8. The fourth-order valence-electron chi connectivity index (χ4n) is 7.04. The van der Waals surface area contributed by atoms with Gasteiger partial charge in [-0.05, 0) is 53.7 Å². The van der Waals surface area contributed by atoms with E-state index in [9.17, 15) is 20.2 Å². The molecule has 2 aromatic carbocycles. The van der Waals surface area contributed by atoms with Gasteiger partial charge in [0, 0.05) is 17.9 Å². The van der Waals surface area contributed by atoms with E-state index in [1.54, 1.807) is 0 Å². The molecule has 6 atom stereocenters. The molecule has 0 N–H and O–H groups in total. The van der Waals surface area contributed by atoms with Crippen molar-refractivity contribution in [3.63, 3.8) is 0 Å². The molecule has 158 valence electrons. The first kappa shape index (κ1) is 18.7. The number of nitrogens with zero attached hydrogens (tertiary/aromatic N) is 2. The van der Waals surface area contributed by atoms with Crippen LogP contribution in [0.4, 0.5) is 11.4 Å². The van der Waals surface area contributed by atoms with Gasteiger partial charge in [0.15, 0.2) is 0 Å². The summed E-state index contributed by atoms with van der Waals surface area (Å²) in [4.78, 5) is 21.3. The minimum Gasteiger partial charge on any atom is -0.372 e. The number of hydrogen-bond acceptors (Lipinski definition) is 5. The maximum absolute atomic E-state index is 11.5. The molecule has 2 saturated carbocycles. The van der Waals surface area contributed by atoms with Gasteiger partial charge in [0.1, 0.15) is 0 Å². The average Bonchev–Trinajstić information content (AvgIpc) is 3.34. The maximum Gasteiger partial charge on any atom is 0.281 e. The zero-order chi connectivity index (χ0) is 21.3. The van der Waals surface area contributed by atoms with Gasteiger partial charge in [-0.3, -0.25) is 20.2 Å². The zero-order valence-electron chi connectivity index (χ0n) is 16.8. The Morgan fingerprint density at radius 2 is 1.48 bits per heavy atom. The highest BCUT2D eigenvalue weighted by atomic mass is 16.6. The van der Waals surface area contributed by atoms with Crippen LogP contribution in [0.2, 0.25) is 0 Å². The minimum atomic E-state index is -0.614. The third-order valence-electron chi connectivity index (χ3n) is 8.07. The Morgan fingerprint density at radius 1 is 0.871 bits per heavy atom. The molecule has 0 unspecified atom stereocenters. The van der Waals surface area contributed by atoms with E-state index in [1.807, 2.05) is 0 Å². The third kappa shape index (κ3) is 2.62. The first-order valence-electron chi connectivity index (χ1n) is 10.8. The summed E-state index contributed by atoms with van der Waals surface area (Å²) < 4.78 is 6.35. The van der Waals surface area contributed by atoms with Gasteiger partial charge in [0.25, 0.3) is 11.4 Å². The van der Waals surface area contributed by atoms with Gasteiger partial charge in [-0.1, -0.05) is 36.4 Å². The van der Waals surface area contributed by atoms with Crippen molar-refractivity contribution in [2.45, 2.75) is 37.4 Å². The van der Waals surface area contributed by atoms with Gasteiger partial charge in [-0.2, -0.15) is 0 Å². The van der Waals surface area contributed by atoms with Crippen LogP contribution >= 0.6 is 0 Å². The number of nitro benzene ring substituents is 2. The normalized spacial score (nSPS) is 33.9. The Bertz CT molecular complexity index is 1080. The summed E-state index contributed by atoms with van der Waals surface area (Å²) in [5.41, 5.74) is 2.86. The quantitative estimate of drug-likeness (QED) is 0.382. The van der Waals surface area contributed by atoms with E-state index >= 15 is 0 Å². The van der Waals surface area contributed by atoms with Crippen LogP contribution in [0, 0.1) is 43.9 Å².